The molecule has 1 unspecified atom stereocenters. The Bertz CT molecular complexity index is 324. The van der Waals surface area contributed by atoms with Gasteiger partial charge in [-0.3, -0.25) is 0 Å². The molecule has 1 aliphatic heterocycles. The summed E-state index contributed by atoms with van der Waals surface area (Å²) in [5, 5.41) is 22.3. The van der Waals surface area contributed by atoms with Gasteiger partial charge in [-0.25, -0.2) is 9.67 Å². The van der Waals surface area contributed by atoms with Crippen molar-refractivity contribution >= 4 is 0 Å². The minimum absolute atomic E-state index is 0.147. The van der Waals surface area contributed by atoms with E-state index in [9.17, 15) is 5.11 Å². The van der Waals surface area contributed by atoms with Crippen LogP contribution in [0, 0.1) is 0 Å². The summed E-state index contributed by atoms with van der Waals surface area (Å²) in [5.74, 6) is 1.85. The molecule has 0 saturated carbocycles. The number of nitrogens with zero attached hydrogens (tertiary/aromatic N) is 3. The Hall–Kier alpha value is -0.940. The van der Waals surface area contributed by atoms with Gasteiger partial charge in [-0.15, -0.1) is 0 Å². The molecule has 2 heterocycles. The van der Waals surface area contributed by atoms with Crippen molar-refractivity contribution in [3.05, 3.63) is 11.6 Å². The number of rotatable bonds is 4. The van der Waals surface area contributed by atoms with Crippen LogP contribution in [0.4, 0.5) is 0 Å². The molecule has 0 radical (unpaired) electrons. The summed E-state index contributed by atoms with van der Waals surface area (Å²) in [6.07, 6.45) is 3.47. The molecule has 2 N–H and O–H groups in total. The summed E-state index contributed by atoms with van der Waals surface area (Å²) in [6, 6.07) is 0. The number of fused-ring (bicyclic) bond motifs is 1. The van der Waals surface area contributed by atoms with Gasteiger partial charge in [0.2, 0.25) is 0 Å². The Morgan fingerprint density at radius 2 is 2.27 bits per heavy atom. The summed E-state index contributed by atoms with van der Waals surface area (Å²) in [5.41, 5.74) is 0. The maximum atomic E-state index is 9.20. The molecule has 0 amide bonds. The van der Waals surface area contributed by atoms with Crippen LogP contribution in [0.25, 0.3) is 0 Å². The van der Waals surface area contributed by atoms with Gasteiger partial charge in [0.05, 0.1) is 6.61 Å². The molecule has 1 aliphatic rings. The highest BCUT2D eigenvalue weighted by molar-refractivity contribution is 5.03. The molecule has 0 aromatic carbocycles. The molecule has 0 bridgehead atoms. The smallest absolute Gasteiger partial charge is 0.151 e. The monoisotopic (exact) mass is 211 g/mol. The van der Waals surface area contributed by atoms with Gasteiger partial charge in [0.15, 0.2) is 5.82 Å². The van der Waals surface area contributed by atoms with Crippen molar-refractivity contribution in [2.75, 3.05) is 13.2 Å². The van der Waals surface area contributed by atoms with E-state index in [2.05, 4.69) is 10.1 Å². The highest BCUT2D eigenvalue weighted by Crippen LogP contribution is 2.24. The minimum atomic E-state index is 0.147. The van der Waals surface area contributed by atoms with E-state index in [0.29, 0.717) is 12.8 Å². The van der Waals surface area contributed by atoms with E-state index < -0.39 is 0 Å². The molecule has 5 nitrogen and oxygen atoms in total. The van der Waals surface area contributed by atoms with Crippen molar-refractivity contribution < 1.29 is 10.2 Å². The Morgan fingerprint density at radius 3 is 3.00 bits per heavy atom. The first-order chi connectivity index (χ1) is 7.35. The lowest BCUT2D eigenvalue weighted by molar-refractivity contribution is 0.234. The lowest BCUT2D eigenvalue weighted by Crippen LogP contribution is -2.19. The zero-order valence-electron chi connectivity index (χ0n) is 8.76. The topological polar surface area (TPSA) is 71.2 Å². The van der Waals surface area contributed by atoms with Crippen LogP contribution in [0.5, 0.6) is 0 Å². The van der Waals surface area contributed by atoms with Crippen LogP contribution in [0.3, 0.4) is 0 Å². The van der Waals surface area contributed by atoms with Crippen molar-refractivity contribution in [3.8, 4) is 0 Å². The second kappa shape index (κ2) is 4.72. The molecule has 1 atom stereocenters. The fourth-order valence-electron chi connectivity index (χ4n) is 2.00. The lowest BCUT2D eigenvalue weighted by atomic mass is 10.0. The van der Waals surface area contributed by atoms with Crippen LogP contribution >= 0.6 is 0 Å². The Morgan fingerprint density at radius 1 is 1.40 bits per heavy atom. The van der Waals surface area contributed by atoms with E-state index in [1.165, 1.54) is 0 Å². The summed E-state index contributed by atoms with van der Waals surface area (Å²) in [7, 11) is 0. The molecule has 1 aromatic heterocycles. The Labute approximate surface area is 88.8 Å². The van der Waals surface area contributed by atoms with Crippen molar-refractivity contribution in [3.63, 3.8) is 0 Å². The normalized spacial score (nSPS) is 20.3. The molecular weight excluding hydrogens is 194 g/mol. The third kappa shape index (κ3) is 2.18. The maximum Gasteiger partial charge on any atom is 0.151 e. The predicted molar refractivity (Wildman–Crippen MR) is 54.5 cm³/mol. The Kier molecular flexibility index (Phi) is 3.33. The van der Waals surface area contributed by atoms with Gasteiger partial charge < -0.3 is 10.2 Å². The number of hydrogen-bond donors (Lipinski definition) is 2. The van der Waals surface area contributed by atoms with Crippen LogP contribution < -0.4 is 0 Å². The summed E-state index contributed by atoms with van der Waals surface area (Å²) < 4.78 is 1.90. The Balaban J connectivity index is 2.14. The van der Waals surface area contributed by atoms with Gasteiger partial charge in [-0.1, -0.05) is 0 Å². The van der Waals surface area contributed by atoms with Crippen molar-refractivity contribution in [2.24, 2.45) is 0 Å². The third-order valence-electron chi connectivity index (χ3n) is 2.81. The molecule has 5 heteroatoms. The summed E-state index contributed by atoms with van der Waals surface area (Å²) in [4.78, 5) is 4.42. The van der Waals surface area contributed by atoms with E-state index in [1.54, 1.807) is 0 Å². The fourth-order valence-corrected chi connectivity index (χ4v) is 2.00. The zero-order valence-corrected chi connectivity index (χ0v) is 8.76. The highest BCUT2D eigenvalue weighted by atomic mass is 16.3. The molecule has 2 rings (SSSR count). The van der Waals surface area contributed by atoms with Gasteiger partial charge in [-0.05, 0) is 19.3 Å². The molecule has 84 valence electrons. The summed E-state index contributed by atoms with van der Waals surface area (Å²) in [6.45, 7) is 1.23. The van der Waals surface area contributed by atoms with E-state index in [1.807, 2.05) is 4.68 Å². The molecular formula is C10H17N3O2. The van der Waals surface area contributed by atoms with Crippen molar-refractivity contribution in [1.29, 1.82) is 0 Å². The second-order valence-corrected chi connectivity index (χ2v) is 3.96. The first-order valence-corrected chi connectivity index (χ1v) is 5.50. The standard InChI is InChI=1S/C10H17N3O2/c14-6-2-4-9-11-10-8(7-15)3-1-5-13(10)12-9/h8,14-15H,1-7H2. The van der Waals surface area contributed by atoms with Crippen LogP contribution in [-0.4, -0.2) is 38.2 Å². The number of hydrogen-bond acceptors (Lipinski definition) is 4. The zero-order chi connectivity index (χ0) is 10.7. The molecule has 1 aromatic rings. The number of aromatic nitrogens is 3. The predicted octanol–water partition coefficient (Wildman–Crippen LogP) is 0.0727. The number of aliphatic hydroxyl groups excluding tert-OH is 2. The quantitative estimate of drug-likeness (QED) is 0.739. The van der Waals surface area contributed by atoms with Crippen LogP contribution in [0.2, 0.25) is 0 Å². The first kappa shape index (κ1) is 10.6. The molecule has 0 saturated heterocycles. The van der Waals surface area contributed by atoms with E-state index in [4.69, 9.17) is 5.11 Å². The van der Waals surface area contributed by atoms with Crippen LogP contribution in [-0.2, 0) is 13.0 Å². The highest BCUT2D eigenvalue weighted by Gasteiger charge is 2.23. The molecule has 0 aliphatic carbocycles. The average molecular weight is 211 g/mol. The van der Waals surface area contributed by atoms with Gasteiger partial charge in [0.1, 0.15) is 5.82 Å². The van der Waals surface area contributed by atoms with E-state index >= 15 is 0 Å². The molecule has 0 fully saturated rings. The van der Waals surface area contributed by atoms with Crippen LogP contribution in [0.15, 0.2) is 0 Å². The maximum absolute atomic E-state index is 9.20. The van der Waals surface area contributed by atoms with E-state index in [0.717, 1.165) is 31.0 Å². The lowest BCUT2D eigenvalue weighted by Gasteiger charge is -2.19. The van der Waals surface area contributed by atoms with Gasteiger partial charge >= 0.3 is 0 Å². The molecule has 0 spiro atoms. The van der Waals surface area contributed by atoms with Crippen molar-refractivity contribution in [2.45, 2.75) is 38.1 Å². The molecule has 15 heavy (non-hydrogen) atoms. The SMILES string of the molecule is OCCCc1nc2n(n1)CCCC2CO. The number of aliphatic hydroxyl groups is 2. The number of aryl methyl sites for hydroxylation is 2. The first-order valence-electron chi connectivity index (χ1n) is 5.50. The third-order valence-corrected chi connectivity index (χ3v) is 2.81. The van der Waals surface area contributed by atoms with Crippen LogP contribution in [0.1, 0.15) is 36.8 Å². The average Bonchev–Trinajstić information content (AvgIpc) is 2.68. The fraction of sp³-hybridized carbons (Fsp3) is 0.800. The van der Waals surface area contributed by atoms with Gasteiger partial charge in [0, 0.05) is 25.5 Å². The van der Waals surface area contributed by atoms with E-state index in [-0.39, 0.29) is 19.1 Å². The summed E-state index contributed by atoms with van der Waals surface area (Å²) >= 11 is 0. The minimum Gasteiger partial charge on any atom is -0.396 e. The van der Waals surface area contributed by atoms with Crippen molar-refractivity contribution in [1.82, 2.24) is 14.8 Å². The van der Waals surface area contributed by atoms with Gasteiger partial charge in [0.25, 0.3) is 0 Å². The van der Waals surface area contributed by atoms with Gasteiger partial charge in [-0.2, -0.15) is 5.10 Å². The largest absolute Gasteiger partial charge is 0.396 e. The second-order valence-electron chi connectivity index (χ2n) is 3.96.